The van der Waals surface area contributed by atoms with Crippen LogP contribution in [0.3, 0.4) is 0 Å². The van der Waals surface area contributed by atoms with Gasteiger partial charge in [0.05, 0.1) is 11.3 Å². The average Bonchev–Trinajstić information content (AvgIpc) is 2.81. The van der Waals surface area contributed by atoms with Crippen molar-refractivity contribution in [3.05, 3.63) is 40.2 Å². The Labute approximate surface area is 157 Å². The molecule has 0 aliphatic carbocycles. The number of benzene rings is 1. The lowest BCUT2D eigenvalue weighted by molar-refractivity contribution is 0.389. The number of aromatic nitrogens is 1. The molecule has 3 rings (SSSR count). The number of halogens is 1. The molecule has 1 fully saturated rings. The number of sulfonamides is 1. The van der Waals surface area contributed by atoms with E-state index in [2.05, 4.69) is 11.2 Å². The Kier molecular flexibility index (Phi) is 5.23. The van der Waals surface area contributed by atoms with Crippen LogP contribution in [0.1, 0.15) is 23.4 Å². The molecule has 0 unspecified atom stereocenters. The highest BCUT2D eigenvalue weighted by atomic mass is 35.5. The van der Waals surface area contributed by atoms with Crippen LogP contribution in [-0.2, 0) is 10.0 Å². The van der Waals surface area contributed by atoms with E-state index in [0.29, 0.717) is 54.6 Å². The Morgan fingerprint density at radius 3 is 2.65 bits per heavy atom. The summed E-state index contributed by atoms with van der Waals surface area (Å²) in [5, 5.41) is 13.6. The maximum atomic E-state index is 13.0. The molecular formula is C17H19ClN4O3S. The summed E-state index contributed by atoms with van der Waals surface area (Å²) in [6, 6.07) is 7.32. The normalized spacial score (nSPS) is 16.3. The van der Waals surface area contributed by atoms with Gasteiger partial charge in [0.1, 0.15) is 16.7 Å². The van der Waals surface area contributed by atoms with E-state index >= 15 is 0 Å². The SMILES string of the molecule is Cc1noc(C)c1S(=O)(=O)N1CCCN(c2ccc(Cl)cc2C#N)CC1. The maximum Gasteiger partial charge on any atom is 0.248 e. The molecule has 0 amide bonds. The van der Waals surface area contributed by atoms with Gasteiger partial charge in [-0.15, -0.1) is 0 Å². The average molecular weight is 395 g/mol. The molecule has 1 saturated heterocycles. The lowest BCUT2D eigenvalue weighted by Gasteiger charge is -2.24. The molecule has 1 aromatic heterocycles. The van der Waals surface area contributed by atoms with E-state index in [1.54, 1.807) is 32.0 Å². The van der Waals surface area contributed by atoms with Crippen molar-refractivity contribution in [2.24, 2.45) is 0 Å². The van der Waals surface area contributed by atoms with Crippen LogP contribution in [0.15, 0.2) is 27.6 Å². The Hall–Kier alpha value is -2.08. The zero-order chi connectivity index (χ0) is 18.9. The van der Waals surface area contributed by atoms with E-state index < -0.39 is 10.0 Å². The third kappa shape index (κ3) is 3.43. The Balaban J connectivity index is 1.84. The van der Waals surface area contributed by atoms with Gasteiger partial charge in [-0.05, 0) is 38.5 Å². The fourth-order valence-corrected chi connectivity index (χ4v) is 5.15. The van der Waals surface area contributed by atoms with E-state index in [-0.39, 0.29) is 4.90 Å². The summed E-state index contributed by atoms with van der Waals surface area (Å²) in [5.41, 5.74) is 1.63. The highest BCUT2D eigenvalue weighted by Crippen LogP contribution is 2.27. The molecule has 2 heterocycles. The van der Waals surface area contributed by atoms with Gasteiger partial charge in [-0.25, -0.2) is 8.42 Å². The highest BCUT2D eigenvalue weighted by Gasteiger charge is 2.32. The number of nitrogens with zero attached hydrogens (tertiary/aromatic N) is 4. The predicted molar refractivity (Wildman–Crippen MR) is 97.7 cm³/mol. The van der Waals surface area contributed by atoms with Crippen molar-refractivity contribution in [1.82, 2.24) is 9.46 Å². The van der Waals surface area contributed by atoms with E-state index in [1.807, 2.05) is 4.90 Å². The molecular weight excluding hydrogens is 376 g/mol. The molecule has 9 heteroatoms. The molecule has 1 aliphatic heterocycles. The summed E-state index contributed by atoms with van der Waals surface area (Å²) >= 11 is 5.96. The quantitative estimate of drug-likeness (QED) is 0.794. The van der Waals surface area contributed by atoms with Gasteiger partial charge in [0.2, 0.25) is 10.0 Å². The molecule has 1 aromatic carbocycles. The minimum Gasteiger partial charge on any atom is -0.369 e. The minimum absolute atomic E-state index is 0.148. The van der Waals surface area contributed by atoms with Gasteiger partial charge in [0, 0.05) is 31.2 Å². The minimum atomic E-state index is -3.67. The first kappa shape index (κ1) is 18.7. The maximum absolute atomic E-state index is 13.0. The van der Waals surface area contributed by atoms with Gasteiger partial charge < -0.3 is 9.42 Å². The summed E-state index contributed by atoms with van der Waals surface area (Å²) < 4.78 is 32.5. The van der Waals surface area contributed by atoms with Crippen LogP contribution in [0.25, 0.3) is 0 Å². The number of rotatable bonds is 3. The van der Waals surface area contributed by atoms with E-state index in [1.165, 1.54) is 4.31 Å². The van der Waals surface area contributed by atoms with E-state index in [9.17, 15) is 13.7 Å². The summed E-state index contributed by atoms with van der Waals surface area (Å²) in [6.45, 7) is 5.09. The molecule has 0 N–H and O–H groups in total. The second kappa shape index (κ2) is 7.27. The smallest absolute Gasteiger partial charge is 0.248 e. The van der Waals surface area contributed by atoms with Crippen molar-refractivity contribution in [3.8, 4) is 6.07 Å². The number of aryl methyl sites for hydroxylation is 2. The molecule has 138 valence electrons. The first-order chi connectivity index (χ1) is 12.3. The summed E-state index contributed by atoms with van der Waals surface area (Å²) in [7, 11) is -3.67. The second-order valence-electron chi connectivity index (χ2n) is 6.17. The Morgan fingerprint density at radius 1 is 1.23 bits per heavy atom. The van der Waals surface area contributed by atoms with Crippen LogP contribution in [-0.4, -0.2) is 44.1 Å². The monoisotopic (exact) mass is 394 g/mol. The van der Waals surface area contributed by atoms with E-state index in [0.717, 1.165) is 5.69 Å². The molecule has 0 radical (unpaired) electrons. The Morgan fingerprint density at radius 2 is 2.00 bits per heavy atom. The lowest BCUT2D eigenvalue weighted by atomic mass is 10.1. The highest BCUT2D eigenvalue weighted by molar-refractivity contribution is 7.89. The number of hydrogen-bond acceptors (Lipinski definition) is 6. The van der Waals surface area contributed by atoms with Crippen molar-refractivity contribution in [1.29, 1.82) is 5.26 Å². The standard InChI is InChI=1S/C17H19ClN4O3S/c1-12-17(13(2)25-20-12)26(23,24)22-7-3-6-21(8-9-22)16-5-4-15(18)10-14(16)11-19/h4-5,10H,3,6-9H2,1-2H3. The molecule has 0 spiro atoms. The summed E-state index contributed by atoms with van der Waals surface area (Å²) in [6.07, 6.45) is 0.649. The summed E-state index contributed by atoms with van der Waals surface area (Å²) in [4.78, 5) is 2.17. The molecule has 0 atom stereocenters. The third-order valence-electron chi connectivity index (χ3n) is 4.44. The van der Waals surface area contributed by atoms with Gasteiger partial charge >= 0.3 is 0 Å². The first-order valence-corrected chi connectivity index (χ1v) is 10.0. The number of nitriles is 1. The van der Waals surface area contributed by atoms with Gasteiger partial charge in [-0.1, -0.05) is 16.8 Å². The van der Waals surface area contributed by atoms with Crippen molar-refractivity contribution >= 4 is 27.3 Å². The molecule has 7 nitrogen and oxygen atoms in total. The molecule has 1 aliphatic rings. The van der Waals surface area contributed by atoms with Gasteiger partial charge in [0.25, 0.3) is 0 Å². The van der Waals surface area contributed by atoms with Crippen LogP contribution in [0.4, 0.5) is 5.69 Å². The van der Waals surface area contributed by atoms with Gasteiger partial charge in [-0.3, -0.25) is 0 Å². The molecule has 26 heavy (non-hydrogen) atoms. The van der Waals surface area contributed by atoms with Crippen LogP contribution >= 0.6 is 11.6 Å². The molecule has 2 aromatic rings. The van der Waals surface area contributed by atoms with Crippen molar-refractivity contribution < 1.29 is 12.9 Å². The molecule has 0 bridgehead atoms. The van der Waals surface area contributed by atoms with Crippen molar-refractivity contribution in [2.75, 3.05) is 31.1 Å². The Bertz CT molecular complexity index is 945. The number of anilines is 1. The van der Waals surface area contributed by atoms with E-state index in [4.69, 9.17) is 16.1 Å². The van der Waals surface area contributed by atoms with Crippen molar-refractivity contribution in [2.45, 2.75) is 25.2 Å². The third-order valence-corrected chi connectivity index (χ3v) is 6.82. The van der Waals surface area contributed by atoms with Crippen LogP contribution in [0, 0.1) is 25.2 Å². The van der Waals surface area contributed by atoms with Crippen molar-refractivity contribution in [3.63, 3.8) is 0 Å². The molecule has 0 saturated carbocycles. The second-order valence-corrected chi connectivity index (χ2v) is 8.48. The fourth-order valence-electron chi connectivity index (χ4n) is 3.22. The largest absolute Gasteiger partial charge is 0.369 e. The first-order valence-electron chi connectivity index (χ1n) is 8.22. The topological polar surface area (TPSA) is 90.4 Å². The fraction of sp³-hybridized carbons (Fsp3) is 0.412. The van der Waals surface area contributed by atoms with Crippen LogP contribution in [0.5, 0.6) is 0 Å². The van der Waals surface area contributed by atoms with Crippen LogP contribution in [0.2, 0.25) is 5.02 Å². The van der Waals surface area contributed by atoms with Crippen LogP contribution < -0.4 is 4.90 Å². The predicted octanol–water partition coefficient (Wildman–Crippen LogP) is 2.72. The lowest BCUT2D eigenvalue weighted by Crippen LogP contribution is -2.35. The number of hydrogen-bond donors (Lipinski definition) is 0. The zero-order valence-electron chi connectivity index (χ0n) is 14.6. The summed E-state index contributed by atoms with van der Waals surface area (Å²) in [5.74, 6) is 0.299. The van der Waals surface area contributed by atoms with Gasteiger partial charge in [-0.2, -0.15) is 9.57 Å². The van der Waals surface area contributed by atoms with Gasteiger partial charge in [0.15, 0.2) is 5.76 Å². The zero-order valence-corrected chi connectivity index (χ0v) is 16.1.